The summed E-state index contributed by atoms with van der Waals surface area (Å²) >= 11 is 1.57. The molecule has 1 amide bonds. The van der Waals surface area contributed by atoms with Crippen molar-refractivity contribution < 1.29 is 13.2 Å². The van der Waals surface area contributed by atoms with E-state index in [9.17, 15) is 13.2 Å². The SMILES string of the molecule is CCn1cc([C@@H]2CS(=O)(=O)CCN2C(=O)Cc2nc(C)sc2C)cn1. The Morgan fingerprint density at radius 3 is 2.76 bits per heavy atom. The van der Waals surface area contributed by atoms with Crippen molar-refractivity contribution in [3.05, 3.63) is 33.5 Å². The second-order valence-corrected chi connectivity index (χ2v) is 9.90. The van der Waals surface area contributed by atoms with Gasteiger partial charge in [-0.2, -0.15) is 5.10 Å². The number of rotatable bonds is 4. The van der Waals surface area contributed by atoms with Crippen LogP contribution in [0.2, 0.25) is 0 Å². The van der Waals surface area contributed by atoms with Crippen molar-refractivity contribution in [1.82, 2.24) is 19.7 Å². The lowest BCUT2D eigenvalue weighted by atomic mass is 10.1. The third kappa shape index (κ3) is 3.92. The van der Waals surface area contributed by atoms with Crippen molar-refractivity contribution in [2.45, 2.75) is 39.8 Å². The lowest BCUT2D eigenvalue weighted by Crippen LogP contribution is -2.46. The first-order chi connectivity index (χ1) is 11.8. The molecule has 1 aliphatic rings. The fourth-order valence-corrected chi connectivity index (χ4v) is 5.42. The van der Waals surface area contributed by atoms with E-state index >= 15 is 0 Å². The lowest BCUT2D eigenvalue weighted by molar-refractivity contribution is -0.132. The molecule has 2 aromatic heterocycles. The van der Waals surface area contributed by atoms with Crippen molar-refractivity contribution >= 4 is 27.1 Å². The summed E-state index contributed by atoms with van der Waals surface area (Å²) in [4.78, 5) is 20.0. The van der Waals surface area contributed by atoms with Gasteiger partial charge in [-0.15, -0.1) is 11.3 Å². The van der Waals surface area contributed by atoms with E-state index in [-0.39, 0.29) is 30.4 Å². The van der Waals surface area contributed by atoms with Crippen LogP contribution in [0.3, 0.4) is 0 Å². The molecule has 25 heavy (non-hydrogen) atoms. The van der Waals surface area contributed by atoms with E-state index in [2.05, 4.69) is 10.1 Å². The monoisotopic (exact) mass is 382 g/mol. The number of thiazole rings is 1. The summed E-state index contributed by atoms with van der Waals surface area (Å²) in [6.07, 6.45) is 3.69. The molecule has 1 saturated heterocycles. The van der Waals surface area contributed by atoms with Crippen LogP contribution in [0.25, 0.3) is 0 Å². The van der Waals surface area contributed by atoms with Crippen molar-refractivity contribution in [2.24, 2.45) is 0 Å². The maximum Gasteiger partial charge on any atom is 0.229 e. The van der Waals surface area contributed by atoms with Gasteiger partial charge >= 0.3 is 0 Å². The topological polar surface area (TPSA) is 85.2 Å². The molecule has 0 aliphatic carbocycles. The summed E-state index contributed by atoms with van der Waals surface area (Å²) in [5, 5.41) is 5.16. The predicted molar refractivity (Wildman–Crippen MR) is 96.3 cm³/mol. The van der Waals surface area contributed by atoms with Crippen LogP contribution in [-0.4, -0.2) is 52.0 Å². The Morgan fingerprint density at radius 2 is 2.16 bits per heavy atom. The van der Waals surface area contributed by atoms with E-state index in [0.717, 1.165) is 21.1 Å². The van der Waals surface area contributed by atoms with Crippen LogP contribution in [0.1, 0.15) is 34.1 Å². The average Bonchev–Trinajstić information content (AvgIpc) is 3.13. The predicted octanol–water partition coefficient (Wildman–Crippen LogP) is 1.52. The standard InChI is InChI=1S/C16H22N4O3S2/c1-4-19-9-13(8-17-19)15-10-25(22,23)6-5-20(15)16(21)7-14-11(2)24-12(3)18-14/h8-9,15H,4-7,10H2,1-3H3/t15-/m0/s1. The van der Waals surface area contributed by atoms with Gasteiger partial charge in [0.2, 0.25) is 5.91 Å². The van der Waals surface area contributed by atoms with Gasteiger partial charge in [0.25, 0.3) is 0 Å². The first-order valence-corrected chi connectivity index (χ1v) is 10.9. The van der Waals surface area contributed by atoms with Gasteiger partial charge in [-0.3, -0.25) is 9.48 Å². The summed E-state index contributed by atoms with van der Waals surface area (Å²) < 4.78 is 26.0. The van der Waals surface area contributed by atoms with Gasteiger partial charge in [-0.25, -0.2) is 13.4 Å². The van der Waals surface area contributed by atoms with Crippen molar-refractivity contribution in [1.29, 1.82) is 0 Å². The van der Waals surface area contributed by atoms with E-state index in [4.69, 9.17) is 0 Å². The third-order valence-corrected chi connectivity index (χ3v) is 6.99. The molecule has 0 saturated carbocycles. The zero-order valence-corrected chi connectivity index (χ0v) is 16.2. The molecule has 0 radical (unpaired) electrons. The highest BCUT2D eigenvalue weighted by atomic mass is 32.2. The first kappa shape index (κ1) is 18.1. The van der Waals surface area contributed by atoms with Crippen LogP contribution >= 0.6 is 11.3 Å². The number of aromatic nitrogens is 3. The molecule has 0 spiro atoms. The van der Waals surface area contributed by atoms with E-state index in [1.807, 2.05) is 27.0 Å². The Bertz CT molecular complexity index is 885. The van der Waals surface area contributed by atoms with Crippen LogP contribution in [-0.2, 0) is 27.6 Å². The number of amides is 1. The molecule has 2 aromatic rings. The van der Waals surface area contributed by atoms with E-state index < -0.39 is 15.9 Å². The van der Waals surface area contributed by atoms with Gasteiger partial charge < -0.3 is 4.90 Å². The smallest absolute Gasteiger partial charge is 0.229 e. The number of carbonyl (C=O) groups excluding carboxylic acids is 1. The van der Waals surface area contributed by atoms with E-state index in [1.54, 1.807) is 27.1 Å². The number of sulfone groups is 1. The minimum Gasteiger partial charge on any atom is -0.333 e. The Morgan fingerprint density at radius 1 is 1.40 bits per heavy atom. The summed E-state index contributed by atoms with van der Waals surface area (Å²) in [6, 6.07) is -0.480. The fraction of sp³-hybridized carbons (Fsp3) is 0.562. The lowest BCUT2D eigenvalue weighted by Gasteiger charge is -2.35. The Labute approximate surface area is 151 Å². The fourth-order valence-electron chi connectivity index (χ4n) is 3.09. The highest BCUT2D eigenvalue weighted by Gasteiger charge is 2.36. The molecule has 9 heteroatoms. The van der Waals surface area contributed by atoms with Gasteiger partial charge in [-0.1, -0.05) is 0 Å². The van der Waals surface area contributed by atoms with Crippen LogP contribution in [0, 0.1) is 13.8 Å². The molecule has 136 valence electrons. The molecule has 0 bridgehead atoms. The highest BCUT2D eigenvalue weighted by molar-refractivity contribution is 7.91. The van der Waals surface area contributed by atoms with Crippen LogP contribution in [0.5, 0.6) is 0 Å². The second kappa shape index (κ2) is 6.87. The Balaban J connectivity index is 1.86. The van der Waals surface area contributed by atoms with Crippen LogP contribution in [0.4, 0.5) is 0 Å². The highest BCUT2D eigenvalue weighted by Crippen LogP contribution is 2.28. The molecule has 3 rings (SSSR count). The normalized spacial score (nSPS) is 20.0. The maximum atomic E-state index is 12.9. The number of aryl methyl sites for hydroxylation is 3. The minimum absolute atomic E-state index is 0.00618. The van der Waals surface area contributed by atoms with Gasteiger partial charge in [0.1, 0.15) is 0 Å². The van der Waals surface area contributed by atoms with E-state index in [0.29, 0.717) is 6.54 Å². The molecule has 0 N–H and O–H groups in total. The molecule has 1 aliphatic heterocycles. The van der Waals surface area contributed by atoms with Gasteiger partial charge in [0, 0.05) is 29.7 Å². The zero-order valence-electron chi connectivity index (χ0n) is 14.6. The molecule has 0 unspecified atom stereocenters. The molecule has 0 aromatic carbocycles. The molecule has 1 atom stereocenters. The number of hydrogen-bond acceptors (Lipinski definition) is 6. The molecular weight excluding hydrogens is 360 g/mol. The number of hydrogen-bond donors (Lipinski definition) is 0. The largest absolute Gasteiger partial charge is 0.333 e. The third-order valence-electron chi connectivity index (χ3n) is 4.43. The Hall–Kier alpha value is -1.74. The quantitative estimate of drug-likeness (QED) is 0.800. The first-order valence-electron chi connectivity index (χ1n) is 8.24. The average molecular weight is 383 g/mol. The van der Waals surface area contributed by atoms with Crippen molar-refractivity contribution in [3.63, 3.8) is 0 Å². The minimum atomic E-state index is -3.17. The maximum absolute atomic E-state index is 12.9. The number of carbonyl (C=O) groups is 1. The number of nitrogens with zero attached hydrogens (tertiary/aromatic N) is 4. The van der Waals surface area contributed by atoms with Crippen molar-refractivity contribution in [2.75, 3.05) is 18.1 Å². The summed E-state index contributed by atoms with van der Waals surface area (Å²) in [7, 11) is -3.17. The zero-order chi connectivity index (χ0) is 18.2. The van der Waals surface area contributed by atoms with Gasteiger partial charge in [-0.05, 0) is 20.8 Å². The molecule has 7 nitrogen and oxygen atoms in total. The van der Waals surface area contributed by atoms with Gasteiger partial charge in [0.05, 0.1) is 40.9 Å². The summed E-state index contributed by atoms with van der Waals surface area (Å²) in [6.45, 7) is 6.75. The molecule has 3 heterocycles. The van der Waals surface area contributed by atoms with Crippen LogP contribution < -0.4 is 0 Å². The van der Waals surface area contributed by atoms with E-state index in [1.165, 1.54) is 0 Å². The Kier molecular flexibility index (Phi) is 4.97. The van der Waals surface area contributed by atoms with Crippen LogP contribution in [0.15, 0.2) is 12.4 Å². The summed E-state index contributed by atoms with van der Waals surface area (Å²) in [5.41, 5.74) is 1.55. The summed E-state index contributed by atoms with van der Waals surface area (Å²) in [5.74, 6) is -0.132. The van der Waals surface area contributed by atoms with Gasteiger partial charge in [0.15, 0.2) is 9.84 Å². The second-order valence-electron chi connectivity index (χ2n) is 6.26. The molecular formula is C16H22N4O3S2. The van der Waals surface area contributed by atoms with Crippen molar-refractivity contribution in [3.8, 4) is 0 Å². The molecule has 1 fully saturated rings.